The second-order valence-corrected chi connectivity index (χ2v) is 7.47. The first-order valence-corrected chi connectivity index (χ1v) is 8.42. The van der Waals surface area contributed by atoms with E-state index >= 15 is 0 Å². The predicted octanol–water partition coefficient (Wildman–Crippen LogP) is 4.14. The maximum absolute atomic E-state index is 6.47. The van der Waals surface area contributed by atoms with Crippen LogP contribution in [0.25, 0.3) is 0 Å². The quantitative estimate of drug-likeness (QED) is 0.781. The lowest BCUT2D eigenvalue weighted by molar-refractivity contribution is -0.0463. The minimum absolute atomic E-state index is 0.303. The molecule has 1 aliphatic heterocycles. The summed E-state index contributed by atoms with van der Waals surface area (Å²) in [6.07, 6.45) is 9.80. The first kappa shape index (κ1) is 15.3. The highest BCUT2D eigenvalue weighted by molar-refractivity contribution is 4.93. The van der Waals surface area contributed by atoms with Gasteiger partial charge >= 0.3 is 0 Å². The third-order valence-electron chi connectivity index (χ3n) is 5.15. The van der Waals surface area contributed by atoms with E-state index in [1.54, 1.807) is 0 Å². The van der Waals surface area contributed by atoms with Gasteiger partial charge in [-0.05, 0) is 50.5 Å². The van der Waals surface area contributed by atoms with Crippen molar-refractivity contribution in [3.63, 3.8) is 0 Å². The van der Waals surface area contributed by atoms with Crippen LogP contribution in [-0.4, -0.2) is 24.3 Å². The van der Waals surface area contributed by atoms with Crippen LogP contribution in [0.2, 0.25) is 0 Å². The van der Waals surface area contributed by atoms with Crippen molar-refractivity contribution in [2.24, 2.45) is 11.8 Å². The standard InChI is InChI=1S/C17H33NO/c1-13(2)15(12-18-14(3)4)11-16-7-10-17(19-16)8-5-6-9-17/h13-16,18H,5-12H2,1-4H3. The molecule has 0 aromatic carbocycles. The van der Waals surface area contributed by atoms with Gasteiger partial charge in [-0.1, -0.05) is 40.5 Å². The number of ether oxygens (including phenoxy) is 1. The molecule has 1 aliphatic carbocycles. The first-order valence-electron chi connectivity index (χ1n) is 8.42. The minimum atomic E-state index is 0.303. The Bertz CT molecular complexity index is 268. The van der Waals surface area contributed by atoms with Crippen LogP contribution in [0.15, 0.2) is 0 Å². The molecular weight excluding hydrogens is 234 g/mol. The summed E-state index contributed by atoms with van der Waals surface area (Å²) in [5.41, 5.74) is 0.303. The molecule has 0 aromatic rings. The maximum Gasteiger partial charge on any atom is 0.0687 e. The van der Waals surface area contributed by atoms with E-state index in [1.807, 2.05) is 0 Å². The van der Waals surface area contributed by atoms with E-state index in [9.17, 15) is 0 Å². The zero-order chi connectivity index (χ0) is 13.9. The second-order valence-electron chi connectivity index (χ2n) is 7.47. The molecule has 2 atom stereocenters. The van der Waals surface area contributed by atoms with Gasteiger partial charge < -0.3 is 10.1 Å². The van der Waals surface area contributed by atoms with Gasteiger partial charge in [0.15, 0.2) is 0 Å². The van der Waals surface area contributed by atoms with Crippen molar-refractivity contribution in [1.82, 2.24) is 5.32 Å². The third kappa shape index (κ3) is 4.19. The average molecular weight is 267 g/mol. The Morgan fingerprint density at radius 3 is 2.37 bits per heavy atom. The molecule has 1 saturated heterocycles. The van der Waals surface area contributed by atoms with E-state index in [2.05, 4.69) is 33.0 Å². The summed E-state index contributed by atoms with van der Waals surface area (Å²) in [6.45, 7) is 10.3. The molecule has 2 unspecified atom stereocenters. The molecule has 2 aliphatic rings. The topological polar surface area (TPSA) is 21.3 Å². The number of nitrogens with one attached hydrogen (secondary N) is 1. The summed E-state index contributed by atoms with van der Waals surface area (Å²) in [5.74, 6) is 1.50. The minimum Gasteiger partial charge on any atom is -0.372 e. The van der Waals surface area contributed by atoms with Crippen LogP contribution < -0.4 is 5.32 Å². The predicted molar refractivity (Wildman–Crippen MR) is 81.4 cm³/mol. The average Bonchev–Trinajstić information content (AvgIpc) is 2.95. The lowest BCUT2D eigenvalue weighted by Gasteiger charge is -2.28. The van der Waals surface area contributed by atoms with Crippen molar-refractivity contribution < 1.29 is 4.74 Å². The van der Waals surface area contributed by atoms with E-state index < -0.39 is 0 Å². The van der Waals surface area contributed by atoms with Gasteiger partial charge in [-0.25, -0.2) is 0 Å². The Morgan fingerprint density at radius 1 is 1.11 bits per heavy atom. The maximum atomic E-state index is 6.47. The first-order chi connectivity index (χ1) is 9.01. The molecule has 2 nitrogen and oxygen atoms in total. The smallest absolute Gasteiger partial charge is 0.0687 e. The molecule has 0 radical (unpaired) electrons. The van der Waals surface area contributed by atoms with Crippen LogP contribution >= 0.6 is 0 Å². The lowest BCUT2D eigenvalue weighted by Crippen LogP contribution is -2.34. The van der Waals surface area contributed by atoms with E-state index in [4.69, 9.17) is 4.74 Å². The zero-order valence-electron chi connectivity index (χ0n) is 13.4. The number of hydrogen-bond donors (Lipinski definition) is 1. The van der Waals surface area contributed by atoms with E-state index in [1.165, 1.54) is 44.9 Å². The van der Waals surface area contributed by atoms with Crippen molar-refractivity contribution in [1.29, 1.82) is 0 Å². The zero-order valence-corrected chi connectivity index (χ0v) is 13.4. The number of rotatable bonds is 6. The Labute approximate surface area is 119 Å². The Hall–Kier alpha value is -0.0800. The van der Waals surface area contributed by atoms with Gasteiger partial charge in [0, 0.05) is 6.04 Å². The third-order valence-corrected chi connectivity index (χ3v) is 5.15. The highest BCUT2D eigenvalue weighted by Crippen LogP contribution is 2.44. The van der Waals surface area contributed by atoms with Crippen molar-refractivity contribution in [3.8, 4) is 0 Å². The highest BCUT2D eigenvalue weighted by Gasteiger charge is 2.42. The van der Waals surface area contributed by atoms with Crippen LogP contribution in [0.4, 0.5) is 0 Å². The highest BCUT2D eigenvalue weighted by atomic mass is 16.5. The normalized spacial score (nSPS) is 27.8. The van der Waals surface area contributed by atoms with Gasteiger partial charge in [0.25, 0.3) is 0 Å². The fourth-order valence-electron chi connectivity index (χ4n) is 3.76. The monoisotopic (exact) mass is 267 g/mol. The molecule has 1 N–H and O–H groups in total. The van der Waals surface area contributed by atoms with E-state index in [-0.39, 0.29) is 0 Å². The molecule has 1 spiro atoms. The summed E-state index contributed by atoms with van der Waals surface area (Å²) >= 11 is 0. The molecule has 0 bridgehead atoms. The van der Waals surface area contributed by atoms with Gasteiger partial charge in [-0.3, -0.25) is 0 Å². The van der Waals surface area contributed by atoms with E-state index in [0.717, 1.165) is 18.4 Å². The van der Waals surface area contributed by atoms with Crippen LogP contribution in [0.5, 0.6) is 0 Å². The second kappa shape index (κ2) is 6.58. The molecule has 0 aromatic heterocycles. The van der Waals surface area contributed by atoms with Crippen molar-refractivity contribution >= 4 is 0 Å². The van der Waals surface area contributed by atoms with Gasteiger partial charge in [-0.15, -0.1) is 0 Å². The Morgan fingerprint density at radius 2 is 1.79 bits per heavy atom. The molecule has 2 rings (SSSR count). The molecular formula is C17H33NO. The number of hydrogen-bond acceptors (Lipinski definition) is 2. The van der Waals surface area contributed by atoms with Crippen molar-refractivity contribution in [2.45, 2.75) is 90.4 Å². The summed E-state index contributed by atoms with van der Waals surface area (Å²) in [7, 11) is 0. The molecule has 1 heterocycles. The molecule has 2 heteroatoms. The fraction of sp³-hybridized carbons (Fsp3) is 1.00. The van der Waals surface area contributed by atoms with Gasteiger partial charge in [0.2, 0.25) is 0 Å². The van der Waals surface area contributed by atoms with Crippen LogP contribution in [0.3, 0.4) is 0 Å². The lowest BCUT2D eigenvalue weighted by atomic mass is 9.89. The Kier molecular flexibility index (Phi) is 5.30. The molecule has 0 amide bonds. The van der Waals surface area contributed by atoms with Crippen molar-refractivity contribution in [3.05, 3.63) is 0 Å². The molecule has 112 valence electrons. The molecule has 19 heavy (non-hydrogen) atoms. The van der Waals surface area contributed by atoms with Crippen LogP contribution in [-0.2, 0) is 4.74 Å². The van der Waals surface area contributed by atoms with Crippen LogP contribution in [0.1, 0.15) is 72.6 Å². The van der Waals surface area contributed by atoms with Gasteiger partial charge in [0.05, 0.1) is 11.7 Å². The van der Waals surface area contributed by atoms with Gasteiger partial charge in [0.1, 0.15) is 0 Å². The Balaban J connectivity index is 1.81. The fourth-order valence-corrected chi connectivity index (χ4v) is 3.76. The van der Waals surface area contributed by atoms with Crippen molar-refractivity contribution in [2.75, 3.05) is 6.54 Å². The summed E-state index contributed by atoms with van der Waals surface area (Å²) in [5, 5.41) is 3.61. The van der Waals surface area contributed by atoms with E-state index in [0.29, 0.717) is 17.7 Å². The largest absolute Gasteiger partial charge is 0.372 e. The SMILES string of the molecule is CC(C)NCC(CC1CCC2(CCCC2)O1)C(C)C. The van der Waals surface area contributed by atoms with Gasteiger partial charge in [-0.2, -0.15) is 0 Å². The summed E-state index contributed by atoms with van der Waals surface area (Å²) < 4.78 is 6.47. The molecule has 1 saturated carbocycles. The molecule has 2 fully saturated rings. The summed E-state index contributed by atoms with van der Waals surface area (Å²) in [6, 6.07) is 0.590. The summed E-state index contributed by atoms with van der Waals surface area (Å²) in [4.78, 5) is 0. The van der Waals surface area contributed by atoms with Crippen LogP contribution in [0, 0.1) is 11.8 Å².